The van der Waals surface area contributed by atoms with Crippen molar-refractivity contribution in [2.75, 3.05) is 24.7 Å². The Morgan fingerprint density at radius 1 is 1.10 bits per heavy atom. The molecule has 2 rings (SSSR count). The first-order valence-corrected chi connectivity index (χ1v) is 7.46. The Hall–Kier alpha value is -1.88. The van der Waals surface area contributed by atoms with E-state index >= 15 is 0 Å². The van der Waals surface area contributed by atoms with Crippen LogP contribution in [0.2, 0.25) is 0 Å². The van der Waals surface area contributed by atoms with Gasteiger partial charge in [-0.05, 0) is 37.3 Å². The van der Waals surface area contributed by atoms with E-state index in [1.165, 1.54) is 0 Å². The van der Waals surface area contributed by atoms with Crippen LogP contribution < -0.4 is 15.2 Å². The SMILES string of the molecule is CCOc1ccc(OCCSc2ccncc2N)cc1. The van der Waals surface area contributed by atoms with E-state index < -0.39 is 0 Å². The minimum absolute atomic E-state index is 0.625. The van der Waals surface area contributed by atoms with Crippen molar-refractivity contribution in [1.82, 2.24) is 4.98 Å². The summed E-state index contributed by atoms with van der Waals surface area (Å²) in [6.45, 7) is 3.26. The number of hydrogen-bond donors (Lipinski definition) is 1. The zero-order valence-corrected chi connectivity index (χ0v) is 12.2. The summed E-state index contributed by atoms with van der Waals surface area (Å²) >= 11 is 1.66. The summed E-state index contributed by atoms with van der Waals surface area (Å²) in [5, 5.41) is 0. The molecule has 1 heterocycles. The van der Waals surface area contributed by atoms with E-state index in [0.29, 0.717) is 18.9 Å². The van der Waals surface area contributed by atoms with Gasteiger partial charge in [-0.15, -0.1) is 11.8 Å². The highest BCUT2D eigenvalue weighted by molar-refractivity contribution is 7.99. The lowest BCUT2D eigenvalue weighted by atomic mass is 10.3. The number of nitrogen functional groups attached to an aromatic ring is 1. The number of hydrogen-bond acceptors (Lipinski definition) is 5. The molecule has 0 aliphatic rings. The maximum atomic E-state index is 5.82. The molecule has 2 N–H and O–H groups in total. The number of pyridine rings is 1. The van der Waals surface area contributed by atoms with Gasteiger partial charge in [0.15, 0.2) is 0 Å². The standard InChI is InChI=1S/C15H18N2O2S/c1-2-18-12-3-5-13(6-4-12)19-9-10-20-15-7-8-17-11-14(15)16/h3-8,11H,2,9-10,16H2,1H3. The Kier molecular flexibility index (Phi) is 5.55. The minimum Gasteiger partial charge on any atom is -0.494 e. The predicted molar refractivity (Wildman–Crippen MR) is 82.5 cm³/mol. The van der Waals surface area contributed by atoms with Crippen molar-refractivity contribution in [1.29, 1.82) is 0 Å². The zero-order valence-electron chi connectivity index (χ0n) is 11.4. The highest BCUT2D eigenvalue weighted by Gasteiger charge is 2.00. The highest BCUT2D eigenvalue weighted by atomic mass is 32.2. The van der Waals surface area contributed by atoms with Crippen LogP contribution in [-0.4, -0.2) is 24.0 Å². The number of anilines is 1. The summed E-state index contributed by atoms with van der Waals surface area (Å²) in [7, 11) is 0. The van der Waals surface area contributed by atoms with Crippen molar-refractivity contribution >= 4 is 17.4 Å². The Labute approximate surface area is 123 Å². The topological polar surface area (TPSA) is 57.4 Å². The van der Waals surface area contributed by atoms with Crippen LogP contribution in [0.15, 0.2) is 47.6 Å². The number of aromatic nitrogens is 1. The monoisotopic (exact) mass is 290 g/mol. The van der Waals surface area contributed by atoms with Crippen LogP contribution >= 0.6 is 11.8 Å². The van der Waals surface area contributed by atoms with Gasteiger partial charge in [-0.25, -0.2) is 0 Å². The molecule has 0 fully saturated rings. The van der Waals surface area contributed by atoms with Crippen molar-refractivity contribution in [3.63, 3.8) is 0 Å². The fourth-order valence-electron chi connectivity index (χ4n) is 1.64. The lowest BCUT2D eigenvalue weighted by Crippen LogP contribution is -2.01. The van der Waals surface area contributed by atoms with Crippen LogP contribution in [0.1, 0.15) is 6.92 Å². The van der Waals surface area contributed by atoms with Crippen LogP contribution in [-0.2, 0) is 0 Å². The number of benzene rings is 1. The Morgan fingerprint density at radius 3 is 2.45 bits per heavy atom. The molecule has 106 valence electrons. The van der Waals surface area contributed by atoms with E-state index in [2.05, 4.69) is 4.98 Å². The molecule has 0 unspecified atom stereocenters. The maximum absolute atomic E-state index is 5.82. The van der Waals surface area contributed by atoms with Crippen LogP contribution in [0.4, 0.5) is 5.69 Å². The first kappa shape index (κ1) is 14.5. The molecule has 0 spiro atoms. The van der Waals surface area contributed by atoms with Crippen molar-refractivity contribution in [2.24, 2.45) is 0 Å². The largest absolute Gasteiger partial charge is 0.494 e. The smallest absolute Gasteiger partial charge is 0.119 e. The third-order valence-electron chi connectivity index (χ3n) is 2.55. The van der Waals surface area contributed by atoms with E-state index in [9.17, 15) is 0 Å². The average Bonchev–Trinajstić information content (AvgIpc) is 2.47. The van der Waals surface area contributed by atoms with Gasteiger partial charge in [0.05, 0.1) is 25.1 Å². The lowest BCUT2D eigenvalue weighted by Gasteiger charge is -2.08. The summed E-state index contributed by atoms with van der Waals surface area (Å²) in [4.78, 5) is 5.00. The van der Waals surface area contributed by atoms with Crippen LogP contribution in [0.5, 0.6) is 11.5 Å². The molecule has 0 amide bonds. The fourth-order valence-corrected chi connectivity index (χ4v) is 2.40. The number of nitrogens with zero attached hydrogens (tertiary/aromatic N) is 1. The fraction of sp³-hybridized carbons (Fsp3) is 0.267. The number of rotatable bonds is 7. The Bertz CT molecular complexity index is 532. The van der Waals surface area contributed by atoms with Crippen LogP contribution in [0, 0.1) is 0 Å². The number of ether oxygens (including phenoxy) is 2. The molecule has 20 heavy (non-hydrogen) atoms. The van der Waals surface area contributed by atoms with Gasteiger partial charge in [-0.2, -0.15) is 0 Å². The third-order valence-corrected chi connectivity index (χ3v) is 3.61. The van der Waals surface area contributed by atoms with E-state index in [1.54, 1.807) is 24.2 Å². The first-order valence-electron chi connectivity index (χ1n) is 6.47. The summed E-state index contributed by atoms with van der Waals surface area (Å²) in [5.74, 6) is 2.54. The Morgan fingerprint density at radius 2 is 1.80 bits per heavy atom. The minimum atomic E-state index is 0.625. The van der Waals surface area contributed by atoms with Crippen molar-refractivity contribution in [2.45, 2.75) is 11.8 Å². The molecule has 0 aliphatic heterocycles. The van der Waals surface area contributed by atoms with E-state index in [1.807, 2.05) is 37.3 Å². The van der Waals surface area contributed by atoms with Crippen molar-refractivity contribution in [3.05, 3.63) is 42.7 Å². The molecule has 0 radical (unpaired) electrons. The van der Waals surface area contributed by atoms with Gasteiger partial charge < -0.3 is 15.2 Å². The molecule has 0 atom stereocenters. The molecule has 5 heteroatoms. The molecule has 0 bridgehead atoms. The summed E-state index contributed by atoms with van der Waals surface area (Å²) in [6, 6.07) is 9.56. The highest BCUT2D eigenvalue weighted by Crippen LogP contribution is 2.23. The molecule has 1 aromatic carbocycles. The molecule has 0 saturated carbocycles. The van der Waals surface area contributed by atoms with Gasteiger partial charge in [-0.3, -0.25) is 4.98 Å². The van der Waals surface area contributed by atoms with Gasteiger partial charge >= 0.3 is 0 Å². The first-order chi connectivity index (χ1) is 9.79. The van der Waals surface area contributed by atoms with Gasteiger partial charge in [0.25, 0.3) is 0 Å². The predicted octanol–water partition coefficient (Wildman–Crippen LogP) is 3.23. The van der Waals surface area contributed by atoms with Gasteiger partial charge in [-0.1, -0.05) is 0 Å². The van der Waals surface area contributed by atoms with Crippen LogP contribution in [0.25, 0.3) is 0 Å². The van der Waals surface area contributed by atoms with E-state index in [-0.39, 0.29) is 0 Å². The quantitative estimate of drug-likeness (QED) is 0.626. The third kappa shape index (κ3) is 4.35. The number of thioether (sulfide) groups is 1. The van der Waals surface area contributed by atoms with Crippen molar-refractivity contribution in [3.8, 4) is 11.5 Å². The summed E-state index contributed by atoms with van der Waals surface area (Å²) < 4.78 is 11.0. The van der Waals surface area contributed by atoms with Crippen LogP contribution in [0.3, 0.4) is 0 Å². The second-order valence-electron chi connectivity index (χ2n) is 4.01. The van der Waals surface area contributed by atoms with Gasteiger partial charge in [0, 0.05) is 16.8 Å². The summed E-state index contributed by atoms with van der Waals surface area (Å²) in [5.41, 5.74) is 6.53. The normalized spacial score (nSPS) is 10.2. The molecule has 2 aromatic rings. The number of nitrogens with two attached hydrogens (primary N) is 1. The summed E-state index contributed by atoms with van der Waals surface area (Å²) in [6.07, 6.45) is 3.40. The van der Waals surface area contributed by atoms with E-state index in [0.717, 1.165) is 22.1 Å². The van der Waals surface area contributed by atoms with Crippen molar-refractivity contribution < 1.29 is 9.47 Å². The molecule has 0 aliphatic carbocycles. The molecule has 1 aromatic heterocycles. The lowest BCUT2D eigenvalue weighted by molar-refractivity contribution is 0.332. The maximum Gasteiger partial charge on any atom is 0.119 e. The van der Waals surface area contributed by atoms with E-state index in [4.69, 9.17) is 15.2 Å². The molecular formula is C15H18N2O2S. The molecule has 4 nitrogen and oxygen atoms in total. The second-order valence-corrected chi connectivity index (χ2v) is 5.15. The van der Waals surface area contributed by atoms with Gasteiger partial charge in [0.2, 0.25) is 0 Å². The molecule has 0 saturated heterocycles. The zero-order chi connectivity index (χ0) is 14.2. The Balaban J connectivity index is 1.74. The second kappa shape index (κ2) is 7.65. The average molecular weight is 290 g/mol. The van der Waals surface area contributed by atoms with Gasteiger partial charge in [0.1, 0.15) is 11.5 Å². The molecular weight excluding hydrogens is 272 g/mol.